The molecule has 2 aromatic heterocycles. The third-order valence-corrected chi connectivity index (χ3v) is 2.82. The summed E-state index contributed by atoms with van der Waals surface area (Å²) in [5.41, 5.74) is 1.14. The highest BCUT2D eigenvalue weighted by Gasteiger charge is 2.07. The van der Waals surface area contributed by atoms with E-state index < -0.39 is 0 Å². The second kappa shape index (κ2) is 6.88. The van der Waals surface area contributed by atoms with Gasteiger partial charge in [-0.05, 0) is 6.42 Å². The summed E-state index contributed by atoms with van der Waals surface area (Å²) in [5.74, 6) is 0.516. The Morgan fingerprint density at radius 2 is 1.89 bits per heavy atom. The van der Waals surface area contributed by atoms with Gasteiger partial charge in [0.25, 0.3) is 0 Å². The number of nitrogens with one attached hydrogen (secondary N) is 1. The van der Waals surface area contributed by atoms with E-state index in [0.29, 0.717) is 23.7 Å². The van der Waals surface area contributed by atoms with Crippen molar-refractivity contribution in [1.29, 1.82) is 0 Å². The molecule has 0 aliphatic heterocycles. The Kier molecular flexibility index (Phi) is 4.87. The molecule has 0 spiro atoms. The van der Waals surface area contributed by atoms with Crippen LogP contribution in [0, 0.1) is 0 Å². The number of hydrogen-bond donors (Lipinski definition) is 1. The predicted molar refractivity (Wildman–Crippen MR) is 68.3 cm³/mol. The van der Waals surface area contributed by atoms with E-state index in [4.69, 9.17) is 4.74 Å². The van der Waals surface area contributed by atoms with E-state index in [0.717, 1.165) is 6.42 Å². The number of nitrogens with zero attached hydrogens (tertiary/aromatic N) is 4. The fourth-order valence-corrected chi connectivity index (χ4v) is 1.81. The van der Waals surface area contributed by atoms with E-state index >= 15 is 0 Å². The van der Waals surface area contributed by atoms with Gasteiger partial charge in [-0.1, -0.05) is 39.0 Å². The molecule has 0 aliphatic rings. The van der Waals surface area contributed by atoms with Crippen molar-refractivity contribution in [2.45, 2.75) is 45.4 Å². The summed E-state index contributed by atoms with van der Waals surface area (Å²) in [4.78, 5) is 8.05. The van der Waals surface area contributed by atoms with Gasteiger partial charge in [0.05, 0.1) is 6.61 Å². The normalized spacial score (nSPS) is 10.9. The monoisotopic (exact) mass is 249 g/mol. The van der Waals surface area contributed by atoms with Crippen LogP contribution >= 0.6 is 0 Å². The molecule has 2 rings (SSSR count). The number of H-pyrrole nitrogens is 1. The highest BCUT2D eigenvalue weighted by atomic mass is 16.5. The molecule has 0 fully saturated rings. The molecule has 1 N–H and O–H groups in total. The zero-order valence-electron chi connectivity index (χ0n) is 10.7. The number of fused-ring (bicyclic) bond motifs is 1. The van der Waals surface area contributed by atoms with E-state index in [1.807, 2.05) is 0 Å². The number of aromatic nitrogens is 5. The van der Waals surface area contributed by atoms with Crippen LogP contribution in [0.25, 0.3) is 11.2 Å². The van der Waals surface area contributed by atoms with Crippen molar-refractivity contribution in [3.63, 3.8) is 0 Å². The molecule has 6 heteroatoms. The maximum Gasteiger partial charge on any atom is 0.247 e. The lowest BCUT2D eigenvalue weighted by molar-refractivity contribution is 0.296. The molecule has 0 aliphatic carbocycles. The van der Waals surface area contributed by atoms with Gasteiger partial charge in [-0.2, -0.15) is 10.2 Å². The third-order valence-electron chi connectivity index (χ3n) is 2.82. The summed E-state index contributed by atoms with van der Waals surface area (Å²) >= 11 is 0. The van der Waals surface area contributed by atoms with Crippen molar-refractivity contribution in [2.24, 2.45) is 0 Å². The number of hydrogen-bond acceptors (Lipinski definition) is 5. The van der Waals surface area contributed by atoms with Crippen LogP contribution in [0.1, 0.15) is 45.4 Å². The van der Waals surface area contributed by atoms with Crippen LogP contribution in [0.4, 0.5) is 0 Å². The van der Waals surface area contributed by atoms with Gasteiger partial charge >= 0.3 is 0 Å². The fourth-order valence-electron chi connectivity index (χ4n) is 1.81. The average Bonchev–Trinajstić information content (AvgIpc) is 2.86. The first-order chi connectivity index (χ1) is 8.92. The molecule has 0 aromatic carbocycles. The Morgan fingerprint density at radius 1 is 1.06 bits per heavy atom. The first-order valence-electron chi connectivity index (χ1n) is 6.56. The molecule has 2 heterocycles. The van der Waals surface area contributed by atoms with Crippen molar-refractivity contribution < 1.29 is 4.74 Å². The Bertz CT molecular complexity index is 470. The molecule has 0 saturated carbocycles. The zero-order chi connectivity index (χ0) is 12.6. The second-order valence-corrected chi connectivity index (χ2v) is 4.29. The Hall–Kier alpha value is -1.72. The van der Waals surface area contributed by atoms with Crippen molar-refractivity contribution >= 4 is 11.2 Å². The van der Waals surface area contributed by atoms with E-state index in [-0.39, 0.29) is 0 Å². The summed E-state index contributed by atoms with van der Waals surface area (Å²) in [6, 6.07) is 0. The molecule has 0 radical (unpaired) electrons. The molecule has 2 aromatic rings. The number of ether oxygens (including phenoxy) is 1. The van der Waals surface area contributed by atoms with Gasteiger partial charge < -0.3 is 4.74 Å². The highest BCUT2D eigenvalue weighted by molar-refractivity contribution is 5.73. The fraction of sp³-hybridized carbons (Fsp3) is 0.667. The number of rotatable bonds is 8. The minimum atomic E-state index is 0.516. The summed E-state index contributed by atoms with van der Waals surface area (Å²) in [5, 5.41) is 10.4. The van der Waals surface area contributed by atoms with E-state index in [1.165, 1.54) is 38.4 Å². The molecule has 0 saturated heterocycles. The Labute approximate surface area is 106 Å². The SMILES string of the molecule is CCCCCCCCOc1ncnc2n[nH]nc12. The van der Waals surface area contributed by atoms with Gasteiger partial charge in [0.1, 0.15) is 6.33 Å². The van der Waals surface area contributed by atoms with E-state index in [1.54, 1.807) is 0 Å². The van der Waals surface area contributed by atoms with Crippen LogP contribution in [0.2, 0.25) is 0 Å². The first-order valence-corrected chi connectivity index (χ1v) is 6.56. The molecule has 98 valence electrons. The number of aromatic amines is 1. The van der Waals surface area contributed by atoms with Crippen LogP contribution in [-0.4, -0.2) is 32.0 Å². The van der Waals surface area contributed by atoms with Gasteiger partial charge in [0.2, 0.25) is 11.5 Å². The van der Waals surface area contributed by atoms with Crippen LogP contribution in [0.15, 0.2) is 6.33 Å². The standard InChI is InChI=1S/C12H19N5O/c1-2-3-4-5-6-7-8-18-12-10-11(13-9-14-12)16-17-15-10/h9H,2-8H2,1H3,(H,13,14,15,16,17). The second-order valence-electron chi connectivity index (χ2n) is 4.29. The molecule has 0 unspecified atom stereocenters. The van der Waals surface area contributed by atoms with Crippen molar-refractivity contribution in [2.75, 3.05) is 6.61 Å². The summed E-state index contributed by atoms with van der Waals surface area (Å²) in [6.07, 6.45) is 8.90. The van der Waals surface area contributed by atoms with Crippen LogP contribution in [0.5, 0.6) is 5.88 Å². The molecule has 0 atom stereocenters. The first kappa shape index (κ1) is 12.7. The smallest absolute Gasteiger partial charge is 0.247 e. The lowest BCUT2D eigenvalue weighted by Crippen LogP contribution is -2.00. The van der Waals surface area contributed by atoms with Gasteiger partial charge in [-0.3, -0.25) is 0 Å². The Morgan fingerprint density at radius 3 is 2.78 bits per heavy atom. The third kappa shape index (κ3) is 3.38. The van der Waals surface area contributed by atoms with Gasteiger partial charge in [-0.25, -0.2) is 4.98 Å². The van der Waals surface area contributed by atoms with Crippen molar-refractivity contribution in [3.8, 4) is 5.88 Å². The van der Waals surface area contributed by atoms with Crippen molar-refractivity contribution in [1.82, 2.24) is 25.4 Å². The quantitative estimate of drug-likeness (QED) is 0.727. The molecule has 0 amide bonds. The minimum Gasteiger partial charge on any atom is -0.476 e. The molecular weight excluding hydrogens is 230 g/mol. The van der Waals surface area contributed by atoms with E-state index in [2.05, 4.69) is 32.3 Å². The lowest BCUT2D eigenvalue weighted by atomic mass is 10.1. The largest absolute Gasteiger partial charge is 0.476 e. The predicted octanol–water partition coefficient (Wildman–Crippen LogP) is 2.49. The lowest BCUT2D eigenvalue weighted by Gasteiger charge is -2.04. The maximum atomic E-state index is 5.61. The Balaban J connectivity index is 1.72. The summed E-state index contributed by atoms with van der Waals surface area (Å²) in [6.45, 7) is 2.90. The van der Waals surface area contributed by atoms with Gasteiger partial charge in [0.15, 0.2) is 5.52 Å². The number of unbranched alkanes of at least 4 members (excludes halogenated alkanes) is 5. The maximum absolute atomic E-state index is 5.61. The summed E-state index contributed by atoms with van der Waals surface area (Å²) in [7, 11) is 0. The topological polar surface area (TPSA) is 76.6 Å². The minimum absolute atomic E-state index is 0.516. The summed E-state index contributed by atoms with van der Waals surface area (Å²) < 4.78 is 5.61. The molecule has 18 heavy (non-hydrogen) atoms. The highest BCUT2D eigenvalue weighted by Crippen LogP contribution is 2.16. The zero-order valence-corrected chi connectivity index (χ0v) is 10.7. The van der Waals surface area contributed by atoms with Gasteiger partial charge in [-0.15, -0.1) is 10.2 Å². The van der Waals surface area contributed by atoms with E-state index in [9.17, 15) is 0 Å². The molecule has 6 nitrogen and oxygen atoms in total. The van der Waals surface area contributed by atoms with Crippen LogP contribution in [-0.2, 0) is 0 Å². The van der Waals surface area contributed by atoms with Crippen LogP contribution < -0.4 is 4.74 Å². The molecular formula is C12H19N5O. The van der Waals surface area contributed by atoms with Crippen LogP contribution in [0.3, 0.4) is 0 Å². The average molecular weight is 249 g/mol. The molecule has 0 bridgehead atoms. The van der Waals surface area contributed by atoms with Crippen molar-refractivity contribution in [3.05, 3.63) is 6.33 Å². The van der Waals surface area contributed by atoms with Gasteiger partial charge in [0, 0.05) is 0 Å².